The van der Waals surface area contributed by atoms with Gasteiger partial charge in [0.05, 0.1) is 23.7 Å². The lowest BCUT2D eigenvalue weighted by atomic mass is 10.2. The molecule has 6 heteroatoms. The summed E-state index contributed by atoms with van der Waals surface area (Å²) in [5, 5.41) is 9.62. The summed E-state index contributed by atoms with van der Waals surface area (Å²) < 4.78 is 15.4. The number of benzene rings is 1. The van der Waals surface area contributed by atoms with E-state index in [1.165, 1.54) is 23.5 Å². The first-order chi connectivity index (χ1) is 12.1. The third-order valence-electron chi connectivity index (χ3n) is 4.09. The Morgan fingerprint density at radius 3 is 2.72 bits per heavy atom. The number of anilines is 1. The van der Waals surface area contributed by atoms with Gasteiger partial charge in [-0.05, 0) is 48.7 Å². The maximum absolute atomic E-state index is 13.1. The minimum atomic E-state index is -0.250. The standard InChI is InChI=1S/C19H18FN3OS/c1-2-22(16-6-4-15(20)5-7-16)13-17-12-14-8-11-23(10-3-9-21)19(24)18(14)25-17/h4-8,11-12H,2-3,10,13H2,1H3. The van der Waals surface area contributed by atoms with Gasteiger partial charge in [0.25, 0.3) is 5.56 Å². The first kappa shape index (κ1) is 17.2. The second kappa shape index (κ2) is 7.49. The van der Waals surface area contributed by atoms with Crippen molar-refractivity contribution in [3.63, 3.8) is 0 Å². The molecule has 0 amide bonds. The van der Waals surface area contributed by atoms with Gasteiger partial charge in [-0.3, -0.25) is 4.79 Å². The molecule has 25 heavy (non-hydrogen) atoms. The molecule has 1 aromatic carbocycles. The van der Waals surface area contributed by atoms with Gasteiger partial charge in [-0.1, -0.05) is 0 Å². The Balaban J connectivity index is 1.88. The van der Waals surface area contributed by atoms with Gasteiger partial charge >= 0.3 is 0 Å². The van der Waals surface area contributed by atoms with Crippen LogP contribution >= 0.6 is 11.3 Å². The van der Waals surface area contributed by atoms with Crippen molar-refractivity contribution in [1.29, 1.82) is 5.26 Å². The molecule has 0 atom stereocenters. The van der Waals surface area contributed by atoms with Gasteiger partial charge in [-0.25, -0.2) is 4.39 Å². The van der Waals surface area contributed by atoms with Crippen LogP contribution in [-0.2, 0) is 13.1 Å². The summed E-state index contributed by atoms with van der Waals surface area (Å²) in [6.45, 7) is 3.91. The molecule has 0 saturated heterocycles. The Morgan fingerprint density at radius 1 is 1.28 bits per heavy atom. The number of hydrogen-bond donors (Lipinski definition) is 0. The molecule has 3 aromatic rings. The third kappa shape index (κ3) is 3.72. The van der Waals surface area contributed by atoms with Crippen molar-refractivity contribution in [2.24, 2.45) is 0 Å². The normalized spacial score (nSPS) is 10.8. The van der Waals surface area contributed by atoms with Crippen LogP contribution < -0.4 is 10.5 Å². The number of nitrogens with zero attached hydrogens (tertiary/aromatic N) is 3. The molecular formula is C19H18FN3OS. The summed E-state index contributed by atoms with van der Waals surface area (Å²) in [5.74, 6) is -0.250. The predicted molar refractivity (Wildman–Crippen MR) is 99.4 cm³/mol. The average molecular weight is 355 g/mol. The number of thiophene rings is 1. The summed E-state index contributed by atoms with van der Waals surface area (Å²) in [6, 6.07) is 12.5. The number of fused-ring (bicyclic) bond motifs is 1. The van der Waals surface area contributed by atoms with E-state index in [-0.39, 0.29) is 11.4 Å². The quantitative estimate of drug-likeness (QED) is 0.668. The molecule has 2 heterocycles. The van der Waals surface area contributed by atoms with Crippen molar-refractivity contribution >= 4 is 27.1 Å². The molecule has 4 nitrogen and oxygen atoms in total. The zero-order valence-corrected chi connectivity index (χ0v) is 14.7. The lowest BCUT2D eigenvalue weighted by Gasteiger charge is -2.22. The highest BCUT2D eigenvalue weighted by atomic mass is 32.1. The van der Waals surface area contributed by atoms with E-state index < -0.39 is 0 Å². The van der Waals surface area contributed by atoms with Gasteiger partial charge < -0.3 is 9.47 Å². The SMILES string of the molecule is CCN(Cc1cc2ccn(CCC#N)c(=O)c2s1)c1ccc(F)cc1. The topological polar surface area (TPSA) is 49.0 Å². The summed E-state index contributed by atoms with van der Waals surface area (Å²) in [7, 11) is 0. The van der Waals surface area contributed by atoms with Crippen LogP contribution in [0.1, 0.15) is 18.2 Å². The number of rotatable bonds is 6. The Morgan fingerprint density at radius 2 is 2.04 bits per heavy atom. The largest absolute Gasteiger partial charge is 0.367 e. The van der Waals surface area contributed by atoms with Crippen LogP contribution in [0.3, 0.4) is 0 Å². The smallest absolute Gasteiger partial charge is 0.268 e. The van der Waals surface area contributed by atoms with Crippen LogP contribution in [0.4, 0.5) is 10.1 Å². The lowest BCUT2D eigenvalue weighted by Crippen LogP contribution is -2.21. The predicted octanol–water partition coefficient (Wildman–Crippen LogP) is 4.14. The molecule has 0 bridgehead atoms. The van der Waals surface area contributed by atoms with Crippen LogP contribution in [0.2, 0.25) is 0 Å². The Kier molecular flexibility index (Phi) is 5.15. The van der Waals surface area contributed by atoms with Gasteiger partial charge in [0.1, 0.15) is 5.82 Å². The van der Waals surface area contributed by atoms with E-state index in [9.17, 15) is 9.18 Å². The van der Waals surface area contributed by atoms with E-state index >= 15 is 0 Å². The molecule has 0 saturated carbocycles. The fraction of sp³-hybridized carbons (Fsp3) is 0.263. The monoisotopic (exact) mass is 355 g/mol. The summed E-state index contributed by atoms with van der Waals surface area (Å²) >= 11 is 1.48. The van der Waals surface area contributed by atoms with Gasteiger partial charge in [0.15, 0.2) is 0 Å². The lowest BCUT2D eigenvalue weighted by molar-refractivity contribution is 0.627. The molecule has 0 aliphatic carbocycles. The van der Waals surface area contributed by atoms with Gasteiger partial charge in [-0.15, -0.1) is 11.3 Å². The Hall–Kier alpha value is -2.65. The van der Waals surface area contributed by atoms with E-state index in [1.54, 1.807) is 22.9 Å². The highest BCUT2D eigenvalue weighted by Crippen LogP contribution is 2.26. The van der Waals surface area contributed by atoms with E-state index in [1.807, 2.05) is 19.1 Å². The molecule has 3 rings (SSSR count). The van der Waals surface area contributed by atoms with Crippen LogP contribution in [0.15, 0.2) is 47.4 Å². The second-order valence-corrected chi connectivity index (χ2v) is 6.85. The van der Waals surface area contributed by atoms with Crippen LogP contribution in [0.25, 0.3) is 10.1 Å². The van der Waals surface area contributed by atoms with E-state index in [0.29, 0.717) is 24.2 Å². The van der Waals surface area contributed by atoms with Crippen molar-refractivity contribution in [2.75, 3.05) is 11.4 Å². The molecular weight excluding hydrogens is 337 g/mol. The van der Waals surface area contributed by atoms with Crippen molar-refractivity contribution in [3.05, 3.63) is 63.6 Å². The zero-order chi connectivity index (χ0) is 17.8. The number of nitriles is 1. The van der Waals surface area contributed by atoms with E-state index in [4.69, 9.17) is 5.26 Å². The van der Waals surface area contributed by atoms with E-state index in [0.717, 1.165) is 22.5 Å². The molecule has 0 spiro atoms. The minimum absolute atomic E-state index is 0.0474. The van der Waals surface area contributed by atoms with E-state index in [2.05, 4.69) is 11.0 Å². The van der Waals surface area contributed by atoms with Crippen molar-refractivity contribution in [3.8, 4) is 6.07 Å². The number of aromatic nitrogens is 1. The summed E-state index contributed by atoms with van der Waals surface area (Å²) in [6.07, 6.45) is 2.06. The molecule has 0 aliphatic heterocycles. The Bertz CT molecular complexity index is 969. The second-order valence-electron chi connectivity index (χ2n) is 5.71. The molecule has 0 radical (unpaired) electrons. The molecule has 0 N–H and O–H groups in total. The summed E-state index contributed by atoms with van der Waals surface area (Å²) in [4.78, 5) is 15.7. The van der Waals surface area contributed by atoms with Crippen LogP contribution in [-0.4, -0.2) is 11.1 Å². The Labute approximate surface area is 149 Å². The number of hydrogen-bond acceptors (Lipinski definition) is 4. The van der Waals surface area contributed by atoms with Gasteiger partial charge in [0, 0.05) is 29.9 Å². The number of pyridine rings is 1. The first-order valence-corrected chi connectivity index (χ1v) is 8.93. The van der Waals surface area contributed by atoms with Crippen molar-refractivity contribution < 1.29 is 4.39 Å². The number of halogens is 1. The highest BCUT2D eigenvalue weighted by Gasteiger charge is 2.11. The van der Waals surface area contributed by atoms with Crippen molar-refractivity contribution in [1.82, 2.24) is 4.57 Å². The summed E-state index contributed by atoms with van der Waals surface area (Å²) in [5.41, 5.74) is 0.904. The molecule has 0 fully saturated rings. The third-order valence-corrected chi connectivity index (χ3v) is 5.21. The van der Waals surface area contributed by atoms with Gasteiger partial charge in [-0.2, -0.15) is 5.26 Å². The molecule has 2 aromatic heterocycles. The zero-order valence-electron chi connectivity index (χ0n) is 13.9. The minimum Gasteiger partial charge on any atom is -0.367 e. The van der Waals surface area contributed by atoms with Crippen molar-refractivity contribution in [2.45, 2.75) is 26.4 Å². The molecule has 128 valence electrons. The number of aryl methyl sites for hydroxylation is 1. The average Bonchev–Trinajstić information content (AvgIpc) is 3.04. The van der Waals surface area contributed by atoms with Crippen LogP contribution in [0.5, 0.6) is 0 Å². The molecule has 0 aliphatic rings. The molecule has 0 unspecified atom stereocenters. The van der Waals surface area contributed by atoms with Gasteiger partial charge in [0.2, 0.25) is 0 Å². The van der Waals surface area contributed by atoms with Crippen LogP contribution in [0, 0.1) is 17.1 Å². The highest BCUT2D eigenvalue weighted by molar-refractivity contribution is 7.19. The fourth-order valence-electron chi connectivity index (χ4n) is 2.77. The maximum atomic E-state index is 13.1. The first-order valence-electron chi connectivity index (χ1n) is 8.11. The maximum Gasteiger partial charge on any atom is 0.268 e. The fourth-order valence-corrected chi connectivity index (χ4v) is 3.89.